The van der Waals surface area contributed by atoms with Crippen molar-refractivity contribution in [3.05, 3.63) is 100 Å². The highest BCUT2D eigenvalue weighted by Gasteiger charge is 2.32. The van der Waals surface area contributed by atoms with Crippen LogP contribution in [-0.4, -0.2) is 24.8 Å². The first-order chi connectivity index (χ1) is 14.8. The van der Waals surface area contributed by atoms with Crippen molar-refractivity contribution in [1.82, 2.24) is 4.31 Å². The first kappa shape index (κ1) is 22.3. The van der Waals surface area contributed by atoms with Crippen molar-refractivity contribution in [3.63, 3.8) is 0 Å². The lowest BCUT2D eigenvalue weighted by molar-refractivity contribution is 0.223. The summed E-state index contributed by atoms with van der Waals surface area (Å²) in [7, 11) is -4.45. The standard InChI is InChI=1S/C22H18BrN3O4S/c23-18-13-11-17(12-14-18)15-16-31(29,30)26(21(27)24-19-7-3-1-4-8-19)22(28)25-20-9-5-2-6-10-20/h1-16H,(H,24,27)(H,25,28)/b16-15+. The summed E-state index contributed by atoms with van der Waals surface area (Å²) in [6, 6.07) is 21.1. The Balaban J connectivity index is 1.90. The Morgan fingerprint density at radius 1 is 0.742 bits per heavy atom. The minimum absolute atomic E-state index is 0.155. The third-order valence-corrected chi connectivity index (χ3v) is 5.83. The molecule has 0 spiro atoms. The maximum atomic E-state index is 12.9. The van der Waals surface area contributed by atoms with Crippen molar-refractivity contribution in [3.8, 4) is 0 Å². The Labute approximate surface area is 188 Å². The van der Waals surface area contributed by atoms with E-state index in [4.69, 9.17) is 0 Å². The molecular formula is C22H18BrN3O4S. The van der Waals surface area contributed by atoms with Gasteiger partial charge in [0, 0.05) is 15.8 Å². The first-order valence-electron chi connectivity index (χ1n) is 9.06. The fourth-order valence-electron chi connectivity index (χ4n) is 2.51. The van der Waals surface area contributed by atoms with E-state index in [9.17, 15) is 18.0 Å². The molecule has 2 N–H and O–H groups in total. The smallest absolute Gasteiger partial charge is 0.307 e. The van der Waals surface area contributed by atoms with E-state index >= 15 is 0 Å². The molecule has 0 unspecified atom stereocenters. The van der Waals surface area contributed by atoms with Crippen LogP contribution in [0.25, 0.3) is 6.08 Å². The van der Waals surface area contributed by atoms with Gasteiger partial charge in [-0.1, -0.05) is 64.5 Å². The zero-order chi connectivity index (χ0) is 22.3. The first-order valence-corrected chi connectivity index (χ1v) is 11.4. The van der Waals surface area contributed by atoms with Gasteiger partial charge >= 0.3 is 12.1 Å². The van der Waals surface area contributed by atoms with E-state index in [-0.39, 0.29) is 4.31 Å². The number of nitrogens with one attached hydrogen (secondary N) is 2. The normalized spacial score (nSPS) is 11.1. The Morgan fingerprint density at radius 2 is 1.19 bits per heavy atom. The molecule has 0 aliphatic carbocycles. The molecule has 0 aliphatic heterocycles. The highest BCUT2D eigenvalue weighted by atomic mass is 79.9. The minimum Gasteiger partial charge on any atom is -0.307 e. The number of halogens is 1. The van der Waals surface area contributed by atoms with Crippen molar-refractivity contribution in [2.75, 3.05) is 10.6 Å². The predicted molar refractivity (Wildman–Crippen MR) is 125 cm³/mol. The van der Waals surface area contributed by atoms with E-state index in [0.29, 0.717) is 16.9 Å². The van der Waals surface area contributed by atoms with Crippen LogP contribution in [0.1, 0.15) is 5.56 Å². The van der Waals surface area contributed by atoms with E-state index in [0.717, 1.165) is 9.88 Å². The maximum Gasteiger partial charge on any atom is 0.344 e. The van der Waals surface area contributed by atoms with Gasteiger partial charge in [0.1, 0.15) is 0 Å². The van der Waals surface area contributed by atoms with E-state index in [2.05, 4.69) is 26.6 Å². The van der Waals surface area contributed by atoms with Crippen molar-refractivity contribution < 1.29 is 18.0 Å². The molecule has 3 aromatic rings. The number of hydrogen-bond donors (Lipinski definition) is 2. The van der Waals surface area contributed by atoms with E-state index in [1.165, 1.54) is 6.08 Å². The van der Waals surface area contributed by atoms with Gasteiger partial charge in [0.2, 0.25) is 0 Å². The molecule has 3 rings (SSSR count). The van der Waals surface area contributed by atoms with E-state index < -0.39 is 22.1 Å². The summed E-state index contributed by atoms with van der Waals surface area (Å²) in [5.41, 5.74) is 1.27. The zero-order valence-corrected chi connectivity index (χ0v) is 18.5. The van der Waals surface area contributed by atoms with Crippen LogP contribution in [0.4, 0.5) is 21.0 Å². The number of benzene rings is 3. The average molecular weight is 500 g/mol. The Morgan fingerprint density at radius 3 is 1.65 bits per heavy atom. The second kappa shape index (κ2) is 10.1. The molecule has 158 valence electrons. The summed E-state index contributed by atoms with van der Waals surface area (Å²) in [6.07, 6.45) is 1.31. The fourth-order valence-corrected chi connectivity index (χ4v) is 3.78. The molecule has 9 heteroatoms. The number of carbonyl (C=O) groups is 2. The lowest BCUT2D eigenvalue weighted by Crippen LogP contribution is -2.45. The summed E-state index contributed by atoms with van der Waals surface area (Å²) in [5, 5.41) is 5.67. The minimum atomic E-state index is -4.45. The zero-order valence-electron chi connectivity index (χ0n) is 16.1. The number of sulfonamides is 1. The number of amides is 4. The summed E-state index contributed by atoms with van der Waals surface area (Å²) < 4.78 is 26.9. The second-order valence-electron chi connectivity index (χ2n) is 6.26. The lowest BCUT2D eigenvalue weighted by atomic mass is 10.2. The topological polar surface area (TPSA) is 95.6 Å². The molecule has 31 heavy (non-hydrogen) atoms. The van der Waals surface area contributed by atoms with Gasteiger partial charge in [-0.25, -0.2) is 18.0 Å². The lowest BCUT2D eigenvalue weighted by Gasteiger charge is -2.20. The quantitative estimate of drug-likeness (QED) is 0.483. The third kappa shape index (κ3) is 6.27. The highest BCUT2D eigenvalue weighted by Crippen LogP contribution is 2.16. The molecule has 0 saturated carbocycles. The van der Waals surface area contributed by atoms with Gasteiger partial charge in [-0.05, 0) is 48.0 Å². The van der Waals surface area contributed by atoms with Gasteiger partial charge in [0.15, 0.2) is 0 Å². The number of anilines is 2. The second-order valence-corrected chi connectivity index (χ2v) is 8.84. The number of rotatable bonds is 5. The molecule has 0 aromatic heterocycles. The van der Waals surface area contributed by atoms with E-state index in [1.54, 1.807) is 84.9 Å². The largest absolute Gasteiger partial charge is 0.344 e. The van der Waals surface area contributed by atoms with Crippen LogP contribution < -0.4 is 10.6 Å². The van der Waals surface area contributed by atoms with Gasteiger partial charge < -0.3 is 10.6 Å². The molecule has 0 fully saturated rings. The fraction of sp³-hybridized carbons (Fsp3) is 0. The van der Waals surface area contributed by atoms with Crippen molar-refractivity contribution in [2.45, 2.75) is 0 Å². The molecular weight excluding hydrogens is 482 g/mol. The maximum absolute atomic E-state index is 12.9. The molecule has 0 saturated heterocycles. The molecule has 0 radical (unpaired) electrons. The van der Waals surface area contributed by atoms with Crippen molar-refractivity contribution in [1.29, 1.82) is 0 Å². The predicted octanol–water partition coefficient (Wildman–Crippen LogP) is 5.52. The Kier molecular flexibility index (Phi) is 7.22. The van der Waals surface area contributed by atoms with Crippen LogP contribution >= 0.6 is 15.9 Å². The number of imide groups is 1. The van der Waals surface area contributed by atoms with Crippen LogP contribution in [0.2, 0.25) is 0 Å². The molecule has 7 nitrogen and oxygen atoms in total. The van der Waals surface area contributed by atoms with Gasteiger partial charge in [-0.3, -0.25) is 0 Å². The summed E-state index contributed by atoms with van der Waals surface area (Å²) in [5.74, 6) is 0. The van der Waals surface area contributed by atoms with Crippen LogP contribution in [0.3, 0.4) is 0 Å². The average Bonchev–Trinajstić information content (AvgIpc) is 2.74. The summed E-state index contributed by atoms with van der Waals surface area (Å²) in [4.78, 5) is 25.6. The molecule has 0 atom stereocenters. The van der Waals surface area contributed by atoms with Crippen LogP contribution in [-0.2, 0) is 10.0 Å². The SMILES string of the molecule is O=C(Nc1ccccc1)N(C(=O)Nc1ccccc1)S(=O)(=O)/C=C/c1ccc(Br)cc1. The number of nitrogens with zero attached hydrogens (tertiary/aromatic N) is 1. The van der Waals surface area contributed by atoms with Crippen molar-refractivity contribution >= 4 is 55.5 Å². The van der Waals surface area contributed by atoms with Gasteiger partial charge in [0.05, 0.1) is 5.41 Å². The van der Waals surface area contributed by atoms with Gasteiger partial charge in [-0.15, -0.1) is 4.31 Å². The molecule has 0 bridgehead atoms. The van der Waals surface area contributed by atoms with Gasteiger partial charge in [0.25, 0.3) is 10.0 Å². The molecule has 4 amide bonds. The van der Waals surface area contributed by atoms with E-state index in [1.807, 2.05) is 0 Å². The molecule has 3 aromatic carbocycles. The monoisotopic (exact) mass is 499 g/mol. The van der Waals surface area contributed by atoms with Crippen molar-refractivity contribution in [2.24, 2.45) is 0 Å². The molecule has 0 aliphatic rings. The Hall–Kier alpha value is -3.43. The number of carbonyl (C=O) groups excluding carboxylic acids is 2. The van der Waals surface area contributed by atoms with Crippen LogP contribution in [0, 0.1) is 0 Å². The number of urea groups is 2. The number of hydrogen-bond acceptors (Lipinski definition) is 4. The van der Waals surface area contributed by atoms with Crippen LogP contribution in [0.5, 0.6) is 0 Å². The number of para-hydroxylation sites is 2. The Bertz CT molecular complexity index is 1130. The molecule has 0 heterocycles. The van der Waals surface area contributed by atoms with Gasteiger partial charge in [-0.2, -0.15) is 0 Å². The third-order valence-electron chi connectivity index (χ3n) is 3.98. The van der Waals surface area contributed by atoms with Crippen LogP contribution in [0.15, 0.2) is 94.8 Å². The summed E-state index contributed by atoms with van der Waals surface area (Å²) in [6.45, 7) is 0. The highest BCUT2D eigenvalue weighted by molar-refractivity contribution is 9.10. The summed E-state index contributed by atoms with van der Waals surface area (Å²) >= 11 is 3.30.